The minimum atomic E-state index is -0.854. The van der Waals surface area contributed by atoms with Crippen LogP contribution in [0.2, 0.25) is 0 Å². The second-order valence-corrected chi connectivity index (χ2v) is 19.3. The lowest BCUT2D eigenvalue weighted by molar-refractivity contribution is -0.143. The van der Waals surface area contributed by atoms with Crippen molar-refractivity contribution in [2.24, 2.45) is 0 Å². The number of allylic oxidation sites excluding steroid dienone is 3. The molecule has 0 aromatic carbocycles. The van der Waals surface area contributed by atoms with Crippen LogP contribution in [-0.4, -0.2) is 47.4 Å². The highest BCUT2D eigenvalue weighted by Gasteiger charge is 2.18. The van der Waals surface area contributed by atoms with Gasteiger partial charge < -0.3 is 20.3 Å². The third-order valence-electron chi connectivity index (χ3n) is 13.0. The first-order valence-corrected chi connectivity index (χ1v) is 28.1. The zero-order valence-corrected chi connectivity index (χ0v) is 42.3. The molecule has 0 heterocycles. The second kappa shape index (κ2) is 53.0. The maximum atomic E-state index is 12.5. The largest absolute Gasteiger partial charge is 0.466 e. The van der Waals surface area contributed by atoms with Gasteiger partial charge in [0.25, 0.3) is 0 Å². The van der Waals surface area contributed by atoms with Crippen molar-refractivity contribution in [3.8, 4) is 0 Å². The predicted octanol–water partition coefficient (Wildman–Crippen LogP) is 17.1. The molecule has 0 aliphatic heterocycles. The standard InChI is InChI=1S/C57H109NO5/c1-3-5-7-9-11-13-15-17-19-20-22-25-29-33-37-41-45-49-55(60)54(53-59)58-56(61)50-46-42-38-34-30-26-23-21-24-28-32-36-40-44-48-52-63-57(62)51-47-43-39-35-31-27-18-16-14-12-10-8-6-4-2/h24,28,45,49,54-55,59-60H,3-23,25-27,29-44,46-48,50-53H2,1-2H3,(H,58,61)/b28-24-,49-45+. The van der Waals surface area contributed by atoms with E-state index >= 15 is 0 Å². The van der Waals surface area contributed by atoms with E-state index < -0.39 is 12.1 Å². The third kappa shape index (κ3) is 49.6. The molecule has 372 valence electrons. The average molecular weight is 889 g/mol. The van der Waals surface area contributed by atoms with Gasteiger partial charge in [-0.05, 0) is 57.8 Å². The van der Waals surface area contributed by atoms with E-state index in [0.29, 0.717) is 19.4 Å². The third-order valence-corrected chi connectivity index (χ3v) is 13.0. The Balaban J connectivity index is 3.50. The molecule has 0 aliphatic rings. The van der Waals surface area contributed by atoms with Crippen molar-refractivity contribution in [1.29, 1.82) is 0 Å². The minimum absolute atomic E-state index is 0.00884. The molecule has 0 aromatic rings. The van der Waals surface area contributed by atoms with Crippen LogP contribution in [0, 0.1) is 0 Å². The highest BCUT2D eigenvalue weighted by Crippen LogP contribution is 2.16. The van der Waals surface area contributed by atoms with Crippen molar-refractivity contribution < 1.29 is 24.5 Å². The van der Waals surface area contributed by atoms with Crippen molar-refractivity contribution in [3.63, 3.8) is 0 Å². The van der Waals surface area contributed by atoms with Crippen molar-refractivity contribution in [1.82, 2.24) is 5.32 Å². The Hall–Kier alpha value is -1.66. The van der Waals surface area contributed by atoms with Gasteiger partial charge in [0.15, 0.2) is 0 Å². The molecular formula is C57H109NO5. The number of aliphatic hydroxyl groups excluding tert-OH is 2. The van der Waals surface area contributed by atoms with Gasteiger partial charge in [0.05, 0.1) is 25.4 Å². The Morgan fingerprint density at radius 1 is 0.429 bits per heavy atom. The van der Waals surface area contributed by atoms with E-state index in [9.17, 15) is 19.8 Å². The SMILES string of the molecule is CCCCCCCCCCCCCCCCC/C=C/C(O)C(CO)NC(=O)CCCCCCCCC/C=C\CCCCCCOC(=O)CCCCCCCCCCCCCCCC. The van der Waals surface area contributed by atoms with Gasteiger partial charge in [0.1, 0.15) is 0 Å². The van der Waals surface area contributed by atoms with Gasteiger partial charge in [-0.1, -0.05) is 256 Å². The molecule has 0 bridgehead atoms. The molecule has 0 saturated carbocycles. The monoisotopic (exact) mass is 888 g/mol. The topological polar surface area (TPSA) is 95.9 Å². The molecule has 0 aliphatic carbocycles. The maximum absolute atomic E-state index is 12.5. The fourth-order valence-electron chi connectivity index (χ4n) is 8.63. The smallest absolute Gasteiger partial charge is 0.305 e. The molecule has 3 N–H and O–H groups in total. The fraction of sp³-hybridized carbons (Fsp3) is 0.895. The van der Waals surface area contributed by atoms with Crippen LogP contribution in [0.25, 0.3) is 0 Å². The summed E-state index contributed by atoms with van der Waals surface area (Å²) in [6.07, 6.45) is 63.3. The lowest BCUT2D eigenvalue weighted by Gasteiger charge is -2.20. The number of carbonyl (C=O) groups is 2. The number of hydrogen-bond donors (Lipinski definition) is 3. The zero-order chi connectivity index (χ0) is 45.8. The van der Waals surface area contributed by atoms with E-state index in [0.717, 1.165) is 70.6 Å². The number of amides is 1. The van der Waals surface area contributed by atoms with Gasteiger partial charge in [0, 0.05) is 12.8 Å². The lowest BCUT2D eigenvalue weighted by atomic mass is 10.0. The van der Waals surface area contributed by atoms with Crippen molar-refractivity contribution in [3.05, 3.63) is 24.3 Å². The quantitative estimate of drug-likeness (QED) is 0.0321. The van der Waals surface area contributed by atoms with Gasteiger partial charge in [-0.2, -0.15) is 0 Å². The lowest BCUT2D eigenvalue weighted by Crippen LogP contribution is -2.45. The normalized spacial score (nSPS) is 12.8. The second-order valence-electron chi connectivity index (χ2n) is 19.3. The number of aliphatic hydroxyl groups is 2. The molecule has 0 rings (SSSR count). The molecule has 1 amide bonds. The fourth-order valence-corrected chi connectivity index (χ4v) is 8.63. The average Bonchev–Trinajstić information content (AvgIpc) is 3.28. The molecule has 6 nitrogen and oxygen atoms in total. The number of rotatable bonds is 52. The van der Waals surface area contributed by atoms with Crippen LogP contribution in [0.4, 0.5) is 0 Å². The molecule has 6 heteroatoms. The van der Waals surface area contributed by atoms with Crippen LogP contribution < -0.4 is 5.32 Å². The summed E-state index contributed by atoms with van der Waals surface area (Å²) in [5, 5.41) is 23.1. The van der Waals surface area contributed by atoms with Crippen LogP contribution in [-0.2, 0) is 14.3 Å². The number of ether oxygens (including phenoxy) is 1. The van der Waals surface area contributed by atoms with E-state index in [-0.39, 0.29) is 18.5 Å². The van der Waals surface area contributed by atoms with Gasteiger partial charge in [-0.25, -0.2) is 0 Å². The minimum Gasteiger partial charge on any atom is -0.466 e. The molecule has 0 saturated heterocycles. The molecule has 0 aromatic heterocycles. The summed E-state index contributed by atoms with van der Waals surface area (Å²) in [5.41, 5.74) is 0. The summed E-state index contributed by atoms with van der Waals surface area (Å²) >= 11 is 0. The highest BCUT2D eigenvalue weighted by atomic mass is 16.5. The molecule has 0 fully saturated rings. The van der Waals surface area contributed by atoms with Crippen LogP contribution in [0.3, 0.4) is 0 Å². The molecule has 2 atom stereocenters. The van der Waals surface area contributed by atoms with E-state index in [2.05, 4.69) is 31.3 Å². The van der Waals surface area contributed by atoms with Crippen molar-refractivity contribution in [2.45, 2.75) is 315 Å². The predicted molar refractivity (Wildman–Crippen MR) is 273 cm³/mol. The molecule has 0 spiro atoms. The molecule has 2 unspecified atom stereocenters. The number of unbranched alkanes of at least 4 members (excludes halogenated alkanes) is 39. The van der Waals surface area contributed by atoms with Gasteiger partial charge in [0.2, 0.25) is 5.91 Å². The Morgan fingerprint density at radius 2 is 0.746 bits per heavy atom. The van der Waals surface area contributed by atoms with Gasteiger partial charge in [-0.15, -0.1) is 0 Å². The van der Waals surface area contributed by atoms with E-state index in [1.807, 2.05) is 6.08 Å². The van der Waals surface area contributed by atoms with Crippen LogP contribution >= 0.6 is 0 Å². The Labute approximate surface area is 392 Å². The summed E-state index contributed by atoms with van der Waals surface area (Å²) in [7, 11) is 0. The summed E-state index contributed by atoms with van der Waals surface area (Å²) in [6, 6.07) is -0.639. The number of nitrogens with one attached hydrogen (secondary N) is 1. The number of esters is 1. The van der Waals surface area contributed by atoms with Crippen molar-refractivity contribution in [2.75, 3.05) is 13.2 Å². The summed E-state index contributed by atoms with van der Waals surface area (Å²) in [6.45, 7) is 4.88. The Bertz CT molecular complexity index is 982. The first-order valence-electron chi connectivity index (χ1n) is 28.1. The zero-order valence-electron chi connectivity index (χ0n) is 42.3. The van der Waals surface area contributed by atoms with E-state index in [1.54, 1.807) is 6.08 Å². The molecular weight excluding hydrogens is 779 g/mol. The Kier molecular flexibility index (Phi) is 51.6. The molecule has 63 heavy (non-hydrogen) atoms. The van der Waals surface area contributed by atoms with Crippen LogP contribution in [0.15, 0.2) is 24.3 Å². The van der Waals surface area contributed by atoms with Crippen LogP contribution in [0.1, 0.15) is 303 Å². The van der Waals surface area contributed by atoms with Gasteiger partial charge in [-0.3, -0.25) is 9.59 Å². The van der Waals surface area contributed by atoms with E-state index in [1.165, 1.54) is 205 Å². The maximum Gasteiger partial charge on any atom is 0.305 e. The van der Waals surface area contributed by atoms with Crippen LogP contribution in [0.5, 0.6) is 0 Å². The first-order chi connectivity index (χ1) is 31.0. The Morgan fingerprint density at radius 3 is 1.13 bits per heavy atom. The van der Waals surface area contributed by atoms with Gasteiger partial charge >= 0.3 is 5.97 Å². The highest BCUT2D eigenvalue weighted by molar-refractivity contribution is 5.76. The summed E-state index contributed by atoms with van der Waals surface area (Å²) in [4.78, 5) is 24.5. The first kappa shape index (κ1) is 61.3. The number of hydrogen-bond acceptors (Lipinski definition) is 5. The van der Waals surface area contributed by atoms with Crippen molar-refractivity contribution >= 4 is 11.9 Å². The summed E-state index contributed by atoms with van der Waals surface area (Å²) in [5.74, 6) is -0.0904. The van der Waals surface area contributed by atoms with E-state index in [4.69, 9.17) is 4.74 Å². The number of carbonyl (C=O) groups excluding carboxylic acids is 2. The molecule has 0 radical (unpaired) electrons. The summed E-state index contributed by atoms with van der Waals surface area (Å²) < 4.78 is 5.46.